The molecule has 3 rings (SSSR count). The van der Waals surface area contributed by atoms with E-state index in [0.29, 0.717) is 18.0 Å². The van der Waals surface area contributed by atoms with Gasteiger partial charge in [-0.1, -0.05) is 88.6 Å². The van der Waals surface area contributed by atoms with E-state index >= 15 is 0 Å². The summed E-state index contributed by atoms with van der Waals surface area (Å²) in [5.74, 6) is 0.602. The van der Waals surface area contributed by atoms with Gasteiger partial charge in [-0.2, -0.15) is 0 Å². The maximum Gasteiger partial charge on any atom is 0.0224 e. The Balaban J connectivity index is 1.48. The van der Waals surface area contributed by atoms with E-state index in [1.54, 1.807) is 0 Å². The summed E-state index contributed by atoms with van der Waals surface area (Å²) in [4.78, 5) is 0. The van der Waals surface area contributed by atoms with Gasteiger partial charge in [0, 0.05) is 25.2 Å². The van der Waals surface area contributed by atoms with E-state index in [2.05, 4.69) is 79.9 Å². The maximum atomic E-state index is 3.85. The van der Waals surface area contributed by atoms with Crippen LogP contribution in [-0.4, -0.2) is 12.1 Å². The summed E-state index contributed by atoms with van der Waals surface area (Å²) in [6.07, 6.45) is 8.99. The zero-order chi connectivity index (χ0) is 20.5. The largest absolute Gasteiger partial charge is 0.308 e. The van der Waals surface area contributed by atoms with Gasteiger partial charge >= 0.3 is 0 Å². The number of aryl methyl sites for hydroxylation is 1. The number of benzene rings is 2. The highest BCUT2D eigenvalue weighted by Crippen LogP contribution is 2.20. The van der Waals surface area contributed by atoms with Crippen LogP contribution in [0.25, 0.3) is 0 Å². The molecule has 0 aliphatic heterocycles. The van der Waals surface area contributed by atoms with Crippen LogP contribution in [0.5, 0.6) is 0 Å². The van der Waals surface area contributed by atoms with Crippen molar-refractivity contribution in [1.29, 1.82) is 0 Å². The molecular formula is C27H40N2. The van der Waals surface area contributed by atoms with Gasteiger partial charge in [0.15, 0.2) is 0 Å². The Morgan fingerprint density at radius 3 is 1.72 bits per heavy atom. The lowest BCUT2D eigenvalue weighted by Gasteiger charge is -2.33. The zero-order valence-electron chi connectivity index (χ0n) is 18.7. The van der Waals surface area contributed by atoms with Gasteiger partial charge in [-0.15, -0.1) is 0 Å². The van der Waals surface area contributed by atoms with Crippen LogP contribution >= 0.6 is 0 Å². The molecule has 2 N–H and O–H groups in total. The maximum absolute atomic E-state index is 3.85. The summed E-state index contributed by atoms with van der Waals surface area (Å²) in [5.41, 5.74) is 5.68. The van der Waals surface area contributed by atoms with Crippen LogP contribution in [-0.2, 0) is 19.5 Å². The lowest BCUT2D eigenvalue weighted by Crippen LogP contribution is -2.49. The molecule has 1 aliphatic rings. The van der Waals surface area contributed by atoms with Gasteiger partial charge in [-0.05, 0) is 53.9 Å². The smallest absolute Gasteiger partial charge is 0.0224 e. The average molecular weight is 393 g/mol. The molecule has 1 saturated carbocycles. The highest BCUT2D eigenvalue weighted by atomic mass is 15.0. The van der Waals surface area contributed by atoms with Gasteiger partial charge in [-0.25, -0.2) is 0 Å². The molecular weight excluding hydrogens is 352 g/mol. The van der Waals surface area contributed by atoms with Crippen molar-refractivity contribution in [2.24, 2.45) is 0 Å². The average Bonchev–Trinajstić information content (AvgIpc) is 2.76. The summed E-state index contributed by atoms with van der Waals surface area (Å²) < 4.78 is 0. The molecule has 0 radical (unpaired) electrons. The minimum Gasteiger partial charge on any atom is -0.308 e. The highest BCUT2D eigenvalue weighted by Gasteiger charge is 2.24. The quantitative estimate of drug-likeness (QED) is 0.493. The van der Waals surface area contributed by atoms with Crippen LogP contribution in [0.3, 0.4) is 0 Å². The highest BCUT2D eigenvalue weighted by molar-refractivity contribution is 5.25. The van der Waals surface area contributed by atoms with Gasteiger partial charge in [0.05, 0.1) is 0 Å². The van der Waals surface area contributed by atoms with E-state index in [9.17, 15) is 0 Å². The fourth-order valence-corrected chi connectivity index (χ4v) is 4.34. The third kappa shape index (κ3) is 6.97. The Hall–Kier alpha value is -1.64. The summed E-state index contributed by atoms with van der Waals surface area (Å²) in [7, 11) is 0. The van der Waals surface area contributed by atoms with Crippen LogP contribution in [0.1, 0.15) is 87.5 Å². The Labute approximate surface area is 178 Å². The Kier molecular flexibility index (Phi) is 8.76. The second-order valence-corrected chi connectivity index (χ2v) is 9.08. The van der Waals surface area contributed by atoms with Crippen molar-refractivity contribution in [2.45, 2.75) is 96.8 Å². The number of rotatable bonds is 10. The van der Waals surface area contributed by atoms with Crippen molar-refractivity contribution in [2.75, 3.05) is 0 Å². The summed E-state index contributed by atoms with van der Waals surface area (Å²) in [5, 5.41) is 7.69. The fraction of sp³-hybridized carbons (Fsp3) is 0.556. The molecule has 0 bridgehead atoms. The Bertz CT molecular complexity index is 702. The molecule has 2 unspecified atom stereocenters. The molecule has 0 amide bonds. The van der Waals surface area contributed by atoms with E-state index in [1.807, 2.05) is 0 Å². The first-order chi connectivity index (χ1) is 14.2. The van der Waals surface area contributed by atoms with Crippen LogP contribution in [0, 0.1) is 0 Å². The topological polar surface area (TPSA) is 24.1 Å². The number of hydrogen-bond acceptors (Lipinski definition) is 2. The van der Waals surface area contributed by atoms with Crippen LogP contribution in [0.2, 0.25) is 0 Å². The molecule has 2 atom stereocenters. The van der Waals surface area contributed by atoms with E-state index < -0.39 is 0 Å². The predicted octanol–water partition coefficient (Wildman–Crippen LogP) is 6.34. The second-order valence-electron chi connectivity index (χ2n) is 9.08. The van der Waals surface area contributed by atoms with E-state index in [4.69, 9.17) is 0 Å². The molecule has 1 aliphatic carbocycles. The van der Waals surface area contributed by atoms with Gasteiger partial charge in [0.25, 0.3) is 0 Å². The summed E-state index contributed by atoms with van der Waals surface area (Å²) in [6, 6.07) is 19.5. The first-order valence-corrected chi connectivity index (χ1v) is 11.8. The molecule has 2 aromatic carbocycles. The van der Waals surface area contributed by atoms with E-state index in [0.717, 1.165) is 13.1 Å². The SMILES string of the molecule is CCCCc1ccc(CNC2CCCCC2NCc2ccc(C(C)C)cc2)cc1. The third-order valence-corrected chi connectivity index (χ3v) is 6.39. The van der Waals surface area contributed by atoms with Gasteiger partial charge < -0.3 is 10.6 Å². The molecule has 2 nitrogen and oxygen atoms in total. The molecule has 0 saturated heterocycles. The monoisotopic (exact) mass is 392 g/mol. The summed E-state index contributed by atoms with van der Waals surface area (Å²) >= 11 is 0. The third-order valence-electron chi connectivity index (χ3n) is 6.39. The molecule has 0 spiro atoms. The predicted molar refractivity (Wildman–Crippen MR) is 125 cm³/mol. The molecule has 0 aromatic heterocycles. The van der Waals surface area contributed by atoms with Gasteiger partial charge in [-0.3, -0.25) is 0 Å². The van der Waals surface area contributed by atoms with E-state index in [1.165, 1.54) is 67.2 Å². The Morgan fingerprint density at radius 1 is 0.759 bits per heavy atom. The lowest BCUT2D eigenvalue weighted by molar-refractivity contribution is 0.281. The van der Waals surface area contributed by atoms with Crippen molar-refractivity contribution in [3.63, 3.8) is 0 Å². The summed E-state index contributed by atoms with van der Waals surface area (Å²) in [6.45, 7) is 8.70. The molecule has 2 heteroatoms. The van der Waals surface area contributed by atoms with Crippen molar-refractivity contribution < 1.29 is 0 Å². The van der Waals surface area contributed by atoms with Gasteiger partial charge in [0.1, 0.15) is 0 Å². The molecule has 29 heavy (non-hydrogen) atoms. The van der Waals surface area contributed by atoms with Crippen molar-refractivity contribution >= 4 is 0 Å². The number of nitrogens with one attached hydrogen (secondary N) is 2. The minimum atomic E-state index is 0.567. The number of unbranched alkanes of at least 4 members (excludes halogenated alkanes) is 1. The zero-order valence-corrected chi connectivity index (χ0v) is 18.7. The van der Waals surface area contributed by atoms with Crippen molar-refractivity contribution in [3.8, 4) is 0 Å². The molecule has 158 valence electrons. The minimum absolute atomic E-state index is 0.567. The molecule has 0 heterocycles. The van der Waals surface area contributed by atoms with Crippen LogP contribution in [0.4, 0.5) is 0 Å². The fourth-order valence-electron chi connectivity index (χ4n) is 4.34. The van der Waals surface area contributed by atoms with Crippen molar-refractivity contribution in [1.82, 2.24) is 10.6 Å². The Morgan fingerprint density at radius 2 is 1.24 bits per heavy atom. The molecule has 1 fully saturated rings. The van der Waals surface area contributed by atoms with Crippen LogP contribution in [0.15, 0.2) is 48.5 Å². The second kappa shape index (κ2) is 11.5. The molecule has 2 aromatic rings. The first kappa shape index (κ1) is 22.1. The van der Waals surface area contributed by atoms with E-state index in [-0.39, 0.29) is 0 Å². The first-order valence-electron chi connectivity index (χ1n) is 11.8. The van der Waals surface area contributed by atoms with Crippen molar-refractivity contribution in [3.05, 3.63) is 70.8 Å². The normalized spacial score (nSPS) is 19.6. The van der Waals surface area contributed by atoms with Gasteiger partial charge in [0.2, 0.25) is 0 Å². The number of hydrogen-bond donors (Lipinski definition) is 2. The lowest BCUT2D eigenvalue weighted by atomic mass is 9.90. The van der Waals surface area contributed by atoms with Crippen LogP contribution < -0.4 is 10.6 Å². The standard InChI is InChI=1S/C27H40N2/c1-4-5-8-22-11-13-23(14-12-22)19-28-26-9-6-7-10-27(26)29-20-24-15-17-25(18-16-24)21(2)3/h11-18,21,26-29H,4-10,19-20H2,1-3H3.